The zero-order valence-corrected chi connectivity index (χ0v) is 55.3. The van der Waals surface area contributed by atoms with Crippen LogP contribution in [-0.2, 0) is 75.2 Å². The molecular formula is C63H98N18O13S. The van der Waals surface area contributed by atoms with Crippen molar-refractivity contribution in [1.82, 2.24) is 52.3 Å². The lowest BCUT2D eigenvalue weighted by Gasteiger charge is -2.32. The first kappa shape index (κ1) is 78.5. The first-order valence-electron chi connectivity index (χ1n) is 32.2. The molecule has 10 atom stereocenters. The highest BCUT2D eigenvalue weighted by Crippen LogP contribution is 2.24. The molecule has 2 aliphatic rings. The fourth-order valence-electron chi connectivity index (χ4n) is 11.0. The second kappa shape index (κ2) is 41.0. The van der Waals surface area contributed by atoms with Gasteiger partial charge in [0, 0.05) is 45.3 Å². The second-order valence-electron chi connectivity index (χ2n) is 24.1. The Labute approximate surface area is 558 Å². The van der Waals surface area contributed by atoms with E-state index in [1.165, 1.54) is 21.6 Å². The van der Waals surface area contributed by atoms with E-state index in [4.69, 9.17) is 40.1 Å². The number of likely N-dealkylation sites (tertiary alicyclic amines) is 2. The van der Waals surface area contributed by atoms with Crippen molar-refractivity contribution in [2.45, 2.75) is 183 Å². The summed E-state index contributed by atoms with van der Waals surface area (Å²) in [6, 6.07) is 4.51. The number of guanidine groups is 1. The van der Waals surface area contributed by atoms with Crippen LogP contribution in [0.2, 0.25) is 0 Å². The van der Waals surface area contributed by atoms with Crippen LogP contribution >= 0.6 is 11.8 Å². The van der Waals surface area contributed by atoms with Gasteiger partial charge in [0.05, 0.1) is 12.6 Å². The van der Waals surface area contributed by atoms with Crippen molar-refractivity contribution in [2.24, 2.45) is 51.0 Å². The minimum absolute atomic E-state index is 0.0736. The molecule has 31 nitrogen and oxygen atoms in total. The molecule has 2 aromatic rings. The molecule has 524 valence electrons. The van der Waals surface area contributed by atoms with Crippen molar-refractivity contribution in [2.75, 3.05) is 44.7 Å². The van der Waals surface area contributed by atoms with Gasteiger partial charge in [0.15, 0.2) is 5.96 Å². The number of primary amides is 3. The number of nitrogens with zero attached hydrogens (tertiary/aromatic N) is 3. The maximum Gasteiger partial charge on any atom is 0.245 e. The van der Waals surface area contributed by atoms with Gasteiger partial charge >= 0.3 is 0 Å². The van der Waals surface area contributed by atoms with Crippen molar-refractivity contribution in [3.63, 3.8) is 0 Å². The van der Waals surface area contributed by atoms with Gasteiger partial charge in [0.2, 0.25) is 76.8 Å². The minimum atomic E-state index is -1.64. The zero-order chi connectivity index (χ0) is 70.1. The topological polar surface area (TPSA) is 519 Å². The van der Waals surface area contributed by atoms with Gasteiger partial charge in [0.25, 0.3) is 0 Å². The van der Waals surface area contributed by atoms with Crippen molar-refractivity contribution in [3.8, 4) is 0 Å². The van der Waals surface area contributed by atoms with Gasteiger partial charge in [0.1, 0.15) is 54.4 Å². The molecule has 95 heavy (non-hydrogen) atoms. The van der Waals surface area contributed by atoms with Crippen LogP contribution in [0.4, 0.5) is 0 Å². The van der Waals surface area contributed by atoms with E-state index in [1.807, 2.05) is 20.1 Å². The molecule has 32 heteroatoms. The highest BCUT2D eigenvalue weighted by molar-refractivity contribution is 7.98. The van der Waals surface area contributed by atoms with Gasteiger partial charge in [-0.2, -0.15) is 11.8 Å². The Morgan fingerprint density at radius 3 is 1.51 bits per heavy atom. The Kier molecular flexibility index (Phi) is 33.9. The molecule has 0 aliphatic carbocycles. The van der Waals surface area contributed by atoms with E-state index in [9.17, 15) is 62.3 Å². The summed E-state index contributed by atoms with van der Waals surface area (Å²) in [5.41, 5.74) is 40.6. The Morgan fingerprint density at radius 2 is 1.01 bits per heavy atom. The second-order valence-corrected chi connectivity index (χ2v) is 25.1. The fraction of sp³-hybridized carbons (Fsp3) is 0.587. The van der Waals surface area contributed by atoms with E-state index in [2.05, 4.69) is 47.5 Å². The van der Waals surface area contributed by atoms with Crippen molar-refractivity contribution >= 4 is 94.5 Å². The quantitative estimate of drug-likeness (QED) is 0.0173. The molecule has 13 amide bonds. The Bertz CT molecular complexity index is 2960. The van der Waals surface area contributed by atoms with E-state index >= 15 is 0 Å². The van der Waals surface area contributed by atoms with Crippen molar-refractivity contribution in [3.05, 3.63) is 71.8 Å². The van der Waals surface area contributed by atoms with E-state index in [0.717, 1.165) is 0 Å². The molecule has 2 heterocycles. The molecule has 0 saturated carbocycles. The smallest absolute Gasteiger partial charge is 0.245 e. The molecule has 0 unspecified atom stereocenters. The van der Waals surface area contributed by atoms with Crippen LogP contribution in [-0.4, -0.2) is 198 Å². The first-order valence-corrected chi connectivity index (χ1v) is 33.6. The number of carbonyl (C=O) groups excluding carboxylic acids is 13. The molecule has 22 N–H and O–H groups in total. The predicted molar refractivity (Wildman–Crippen MR) is 356 cm³/mol. The van der Waals surface area contributed by atoms with Crippen molar-refractivity contribution < 1.29 is 62.3 Å². The third-order valence-corrected chi connectivity index (χ3v) is 16.7. The number of amides is 13. The standard InChI is InChI=1S/C63H98N18O13S/c1-37(2)33-45(57(89)74-41(53(68)85)27-32-95-3)73-52(84)36-72-54(86)46(34-38-15-6-4-7-16-38)78-58(90)47(35-39-17-8-5-9-18-39)79-56(88)42(23-25-50(66)82)75-55(87)43(24-26-51(67)83)76-59(91)49-22-14-31-81(49)62(94)44(20-10-11-28-64)77-60(92)48-21-13-30-80(48)61(93)40(65)19-12-29-71-63(69)70/h4-9,15-18,37,40-49H,10-14,19-36,64-65H2,1-3H3,(H2,66,82)(H2,67,83)(H2,68,85)(H,72,86)(H,73,84)(H,74,89)(H,75,87)(H,76,91)(H,77,92)(H,78,90)(H,79,88)(H4,69,70,71)/t40-,41-,42+,43+,44-,45+,46-,47-,48+,49+/m0/s1. The summed E-state index contributed by atoms with van der Waals surface area (Å²) in [5, 5.41) is 21.1. The van der Waals surface area contributed by atoms with Gasteiger partial charge < -0.3 is 92.5 Å². The lowest BCUT2D eigenvalue weighted by molar-refractivity contribution is -0.144. The summed E-state index contributed by atoms with van der Waals surface area (Å²) in [6.45, 7) is 3.86. The molecular weight excluding hydrogens is 1250 g/mol. The summed E-state index contributed by atoms with van der Waals surface area (Å²) >= 11 is 1.45. The number of hydrogen-bond donors (Lipinski definition) is 15. The predicted octanol–water partition coefficient (Wildman–Crippen LogP) is -3.71. The number of carbonyl (C=O) groups is 13. The average Bonchev–Trinajstić information content (AvgIpc) is 1.74. The Balaban J connectivity index is 1.56. The number of rotatable bonds is 42. The third kappa shape index (κ3) is 27.5. The SMILES string of the molecule is CSCC[C@H](NC(=O)[C@@H](CC(C)C)NC(=O)CNC(=O)[C@H](Cc1ccccc1)NC(=O)[C@H](Cc1ccccc1)NC(=O)[C@@H](CCC(N)=O)NC(=O)[C@@H](CCC(N)=O)NC(=O)[C@H]1CCCN1C(=O)[C@H](CCCCN)NC(=O)[C@H]1CCCN1C(=O)[C@@H](N)CCCN=C(N)N)C(N)=O. The van der Waals surface area contributed by atoms with Crippen LogP contribution in [0.3, 0.4) is 0 Å². The summed E-state index contributed by atoms with van der Waals surface area (Å²) in [6.07, 6.45) is 3.12. The number of nitrogens with one attached hydrogen (secondary N) is 8. The molecule has 0 radical (unpaired) electrons. The minimum Gasteiger partial charge on any atom is -0.370 e. The first-order chi connectivity index (χ1) is 45.2. The highest BCUT2D eigenvalue weighted by atomic mass is 32.2. The maximum absolute atomic E-state index is 14.7. The molecule has 2 aromatic carbocycles. The number of hydrogen-bond acceptors (Lipinski definition) is 17. The van der Waals surface area contributed by atoms with Crippen molar-refractivity contribution in [1.29, 1.82) is 0 Å². The summed E-state index contributed by atoms with van der Waals surface area (Å²) in [7, 11) is 0. The van der Waals surface area contributed by atoms with Gasteiger partial charge in [-0.25, -0.2) is 0 Å². The number of unbranched alkanes of at least 4 members (excludes halogenated alkanes) is 1. The lowest BCUT2D eigenvalue weighted by Crippen LogP contribution is -2.60. The summed E-state index contributed by atoms with van der Waals surface area (Å²) in [5.74, 6) is -9.80. The highest BCUT2D eigenvalue weighted by Gasteiger charge is 2.42. The van der Waals surface area contributed by atoms with Crippen LogP contribution < -0.4 is 82.7 Å². The van der Waals surface area contributed by atoms with Crippen LogP contribution in [0.5, 0.6) is 0 Å². The maximum atomic E-state index is 14.7. The van der Waals surface area contributed by atoms with Crippen LogP contribution in [0.25, 0.3) is 0 Å². The Morgan fingerprint density at radius 1 is 0.537 bits per heavy atom. The van der Waals surface area contributed by atoms with E-state index in [1.54, 1.807) is 60.7 Å². The molecule has 0 spiro atoms. The van der Waals surface area contributed by atoms with Gasteiger partial charge in [-0.1, -0.05) is 74.5 Å². The summed E-state index contributed by atoms with van der Waals surface area (Å²) in [4.78, 5) is 185. The van der Waals surface area contributed by atoms with E-state index in [-0.39, 0.29) is 83.0 Å². The lowest BCUT2D eigenvalue weighted by atomic mass is 10.0. The van der Waals surface area contributed by atoms with E-state index < -0.39 is 169 Å². The number of aliphatic imine (C=N–C) groups is 1. The largest absolute Gasteiger partial charge is 0.370 e. The Hall–Kier alpha value is -8.91. The number of nitrogens with two attached hydrogens (primary N) is 7. The van der Waals surface area contributed by atoms with E-state index in [0.29, 0.717) is 55.4 Å². The number of thioether (sulfide) groups is 1. The van der Waals surface area contributed by atoms with Crippen LogP contribution in [0.15, 0.2) is 65.7 Å². The molecule has 0 bridgehead atoms. The van der Waals surface area contributed by atoms with Gasteiger partial charge in [-0.3, -0.25) is 67.3 Å². The van der Waals surface area contributed by atoms with Crippen LogP contribution in [0, 0.1) is 5.92 Å². The number of benzene rings is 2. The molecule has 0 aromatic heterocycles. The molecule has 2 fully saturated rings. The van der Waals surface area contributed by atoms with Crippen LogP contribution in [0.1, 0.15) is 121 Å². The molecule has 4 rings (SSSR count). The van der Waals surface area contributed by atoms with Gasteiger partial charge in [-0.15, -0.1) is 0 Å². The molecule has 2 aliphatic heterocycles. The molecule has 2 saturated heterocycles. The summed E-state index contributed by atoms with van der Waals surface area (Å²) < 4.78 is 0. The zero-order valence-electron chi connectivity index (χ0n) is 54.5. The normalized spacial score (nSPS) is 16.8. The fourth-order valence-corrected chi connectivity index (χ4v) is 11.5. The van der Waals surface area contributed by atoms with Gasteiger partial charge in [-0.05, 0) is 119 Å². The average molecular weight is 1350 g/mol. The monoisotopic (exact) mass is 1350 g/mol. The third-order valence-electron chi connectivity index (χ3n) is 16.0.